The number of benzene rings is 1. The van der Waals surface area contributed by atoms with Gasteiger partial charge in [0.2, 0.25) is 10.0 Å². The SMILES string of the molecule is O=S(=O)(c1ccc(Cl)c(C(F)(F)F)c1)N1C[C@H]2CNC[C@H]2C1. The molecule has 122 valence electrons. The molecule has 0 unspecified atom stereocenters. The number of hydrogen-bond donors (Lipinski definition) is 1. The summed E-state index contributed by atoms with van der Waals surface area (Å²) in [6, 6.07) is 2.72. The maximum Gasteiger partial charge on any atom is 0.417 e. The second kappa shape index (κ2) is 5.36. The quantitative estimate of drug-likeness (QED) is 0.885. The van der Waals surface area contributed by atoms with Crippen molar-refractivity contribution >= 4 is 21.6 Å². The molecule has 3 rings (SSSR count). The fourth-order valence-corrected chi connectivity index (χ4v) is 4.84. The molecule has 1 N–H and O–H groups in total. The maximum atomic E-state index is 12.9. The van der Waals surface area contributed by atoms with Crippen molar-refractivity contribution < 1.29 is 21.6 Å². The standard InChI is InChI=1S/C13H14ClF3N2O2S/c14-12-2-1-10(3-11(12)13(15,16)17)22(20,21)19-6-8-4-18-5-9(8)7-19/h1-3,8-9,18H,4-7H2/t8-,9+. The Hall–Kier alpha value is -0.830. The summed E-state index contributed by atoms with van der Waals surface area (Å²) < 4.78 is 65.0. The van der Waals surface area contributed by atoms with Gasteiger partial charge < -0.3 is 5.32 Å². The minimum Gasteiger partial charge on any atom is -0.316 e. The van der Waals surface area contributed by atoms with Gasteiger partial charge >= 0.3 is 6.18 Å². The molecule has 2 aliphatic rings. The van der Waals surface area contributed by atoms with Crippen molar-refractivity contribution in [1.29, 1.82) is 0 Å². The number of alkyl halides is 3. The summed E-state index contributed by atoms with van der Waals surface area (Å²) in [5.74, 6) is 0.452. The van der Waals surface area contributed by atoms with E-state index < -0.39 is 26.8 Å². The van der Waals surface area contributed by atoms with Gasteiger partial charge in [0.05, 0.1) is 15.5 Å². The van der Waals surface area contributed by atoms with Crippen LogP contribution in [0.1, 0.15) is 5.56 Å². The van der Waals surface area contributed by atoms with Crippen LogP contribution in [0.2, 0.25) is 5.02 Å². The van der Waals surface area contributed by atoms with E-state index in [2.05, 4.69) is 5.32 Å². The van der Waals surface area contributed by atoms with Crippen LogP contribution in [-0.2, 0) is 16.2 Å². The molecule has 1 aromatic rings. The van der Waals surface area contributed by atoms with Crippen LogP contribution < -0.4 is 5.32 Å². The summed E-state index contributed by atoms with van der Waals surface area (Å²) in [7, 11) is -3.93. The molecule has 9 heteroatoms. The Bertz CT molecular complexity index is 681. The first-order valence-electron chi connectivity index (χ1n) is 6.77. The van der Waals surface area contributed by atoms with Gasteiger partial charge in [-0.1, -0.05) is 11.6 Å². The molecule has 0 saturated carbocycles. The average Bonchev–Trinajstić information content (AvgIpc) is 2.98. The van der Waals surface area contributed by atoms with E-state index in [9.17, 15) is 21.6 Å². The maximum absolute atomic E-state index is 12.9. The third kappa shape index (κ3) is 2.73. The highest BCUT2D eigenvalue weighted by Gasteiger charge is 2.42. The molecule has 0 bridgehead atoms. The van der Waals surface area contributed by atoms with Gasteiger partial charge in [-0.25, -0.2) is 8.42 Å². The van der Waals surface area contributed by atoms with Gasteiger partial charge in [0.15, 0.2) is 0 Å². The van der Waals surface area contributed by atoms with Gasteiger partial charge in [-0.05, 0) is 43.1 Å². The number of rotatable bonds is 2. The highest BCUT2D eigenvalue weighted by Crippen LogP contribution is 2.37. The Morgan fingerprint density at radius 3 is 2.32 bits per heavy atom. The number of halogens is 4. The van der Waals surface area contributed by atoms with Crippen molar-refractivity contribution in [3.63, 3.8) is 0 Å². The van der Waals surface area contributed by atoms with E-state index in [0.717, 1.165) is 25.2 Å². The summed E-state index contributed by atoms with van der Waals surface area (Å²) in [6.07, 6.45) is -4.69. The largest absolute Gasteiger partial charge is 0.417 e. The molecule has 0 aromatic heterocycles. The normalized spacial score (nSPS) is 26.4. The second-order valence-corrected chi connectivity index (χ2v) is 7.98. The van der Waals surface area contributed by atoms with E-state index in [0.29, 0.717) is 19.2 Å². The monoisotopic (exact) mass is 354 g/mol. The highest BCUT2D eigenvalue weighted by molar-refractivity contribution is 7.89. The molecule has 0 spiro atoms. The number of hydrogen-bond acceptors (Lipinski definition) is 3. The zero-order chi connectivity index (χ0) is 16.1. The molecule has 2 atom stereocenters. The summed E-state index contributed by atoms with van der Waals surface area (Å²) in [6.45, 7) is 2.16. The molecule has 0 radical (unpaired) electrons. The molecule has 2 aliphatic heterocycles. The smallest absolute Gasteiger partial charge is 0.316 e. The topological polar surface area (TPSA) is 49.4 Å². The molecule has 2 heterocycles. The van der Waals surface area contributed by atoms with Crippen LogP contribution in [0.15, 0.2) is 23.1 Å². The van der Waals surface area contributed by atoms with Crippen molar-refractivity contribution in [3.05, 3.63) is 28.8 Å². The predicted molar refractivity (Wildman–Crippen MR) is 75.1 cm³/mol. The number of fused-ring (bicyclic) bond motifs is 1. The van der Waals surface area contributed by atoms with Gasteiger partial charge in [-0.2, -0.15) is 17.5 Å². The van der Waals surface area contributed by atoms with Crippen molar-refractivity contribution in [3.8, 4) is 0 Å². The zero-order valence-electron chi connectivity index (χ0n) is 11.4. The second-order valence-electron chi connectivity index (χ2n) is 5.64. The summed E-state index contributed by atoms with van der Waals surface area (Å²) in [4.78, 5) is -0.364. The van der Waals surface area contributed by atoms with Crippen LogP contribution in [0.3, 0.4) is 0 Å². The highest BCUT2D eigenvalue weighted by atomic mass is 35.5. The van der Waals surface area contributed by atoms with Crippen LogP contribution in [0, 0.1) is 11.8 Å². The van der Waals surface area contributed by atoms with Crippen LogP contribution in [-0.4, -0.2) is 38.9 Å². The van der Waals surface area contributed by atoms with Gasteiger partial charge in [0.25, 0.3) is 0 Å². The summed E-state index contributed by atoms with van der Waals surface area (Å²) in [5.41, 5.74) is -1.13. The third-order valence-electron chi connectivity index (χ3n) is 4.24. The molecule has 0 aliphatic carbocycles. The van der Waals surface area contributed by atoms with E-state index in [1.54, 1.807) is 0 Å². The van der Waals surface area contributed by atoms with E-state index in [1.165, 1.54) is 4.31 Å². The number of nitrogens with one attached hydrogen (secondary N) is 1. The zero-order valence-corrected chi connectivity index (χ0v) is 13.0. The van der Waals surface area contributed by atoms with Crippen molar-refractivity contribution in [1.82, 2.24) is 9.62 Å². The Morgan fingerprint density at radius 1 is 1.18 bits per heavy atom. The predicted octanol–water partition coefficient (Wildman–Crippen LogP) is 2.20. The van der Waals surface area contributed by atoms with E-state index in [4.69, 9.17) is 11.6 Å². The Labute approximate surface area is 131 Å². The lowest BCUT2D eigenvalue weighted by Gasteiger charge is -2.18. The molecular formula is C13H14ClF3N2O2S. The Kier molecular flexibility index (Phi) is 3.91. The molecule has 4 nitrogen and oxygen atoms in total. The van der Waals surface area contributed by atoms with Crippen LogP contribution in [0.4, 0.5) is 13.2 Å². The third-order valence-corrected chi connectivity index (χ3v) is 6.39. The minimum absolute atomic E-state index is 0.226. The van der Waals surface area contributed by atoms with E-state index >= 15 is 0 Å². The van der Waals surface area contributed by atoms with Crippen molar-refractivity contribution in [2.24, 2.45) is 11.8 Å². The van der Waals surface area contributed by atoms with Gasteiger partial charge in [-0.15, -0.1) is 0 Å². The molecule has 0 amide bonds. The van der Waals surface area contributed by atoms with Gasteiger partial charge in [0, 0.05) is 13.1 Å². The van der Waals surface area contributed by atoms with Gasteiger partial charge in [-0.3, -0.25) is 0 Å². The Morgan fingerprint density at radius 2 is 1.77 bits per heavy atom. The first kappa shape index (κ1) is 16.0. The summed E-state index contributed by atoms with van der Waals surface area (Å²) in [5, 5.41) is 2.68. The summed E-state index contributed by atoms with van der Waals surface area (Å²) >= 11 is 5.53. The van der Waals surface area contributed by atoms with E-state index in [1.807, 2.05) is 0 Å². The lowest BCUT2D eigenvalue weighted by molar-refractivity contribution is -0.137. The number of sulfonamides is 1. The van der Waals surface area contributed by atoms with Crippen LogP contribution >= 0.6 is 11.6 Å². The molecule has 1 aromatic carbocycles. The fraction of sp³-hybridized carbons (Fsp3) is 0.538. The molecular weight excluding hydrogens is 341 g/mol. The average molecular weight is 355 g/mol. The van der Waals surface area contributed by atoms with Crippen molar-refractivity contribution in [2.45, 2.75) is 11.1 Å². The first-order valence-corrected chi connectivity index (χ1v) is 8.59. The Balaban J connectivity index is 1.93. The van der Waals surface area contributed by atoms with Crippen LogP contribution in [0.25, 0.3) is 0 Å². The lowest BCUT2D eigenvalue weighted by Crippen LogP contribution is -2.32. The minimum atomic E-state index is -4.69. The molecule has 2 fully saturated rings. The van der Waals surface area contributed by atoms with Crippen LogP contribution in [0.5, 0.6) is 0 Å². The molecule has 2 saturated heterocycles. The fourth-order valence-electron chi connectivity index (χ4n) is 3.04. The lowest BCUT2D eigenvalue weighted by atomic mass is 10.0. The van der Waals surface area contributed by atoms with Gasteiger partial charge in [0.1, 0.15) is 0 Å². The molecule has 22 heavy (non-hydrogen) atoms. The van der Waals surface area contributed by atoms with Crippen molar-refractivity contribution in [2.75, 3.05) is 26.2 Å². The first-order chi connectivity index (χ1) is 10.2. The van der Waals surface area contributed by atoms with E-state index in [-0.39, 0.29) is 16.7 Å². The number of nitrogens with zero attached hydrogens (tertiary/aromatic N) is 1.